The number of aryl methyl sites for hydroxylation is 1. The maximum absolute atomic E-state index is 11.7. The van der Waals surface area contributed by atoms with Crippen molar-refractivity contribution in [3.8, 4) is 5.75 Å². The van der Waals surface area contributed by atoms with Gasteiger partial charge in [-0.15, -0.1) is 0 Å². The van der Waals surface area contributed by atoms with Crippen molar-refractivity contribution in [2.45, 2.75) is 11.8 Å². The second-order valence-corrected chi connectivity index (χ2v) is 5.39. The van der Waals surface area contributed by atoms with Crippen LogP contribution in [-0.4, -0.2) is 33.2 Å². The van der Waals surface area contributed by atoms with E-state index in [1.54, 1.807) is 6.92 Å². The molecule has 1 N–H and O–H groups in total. The summed E-state index contributed by atoms with van der Waals surface area (Å²) < 4.78 is 46.6. The number of carbonyl (C=O) groups excluding carboxylic acids is 1. The van der Waals surface area contributed by atoms with Gasteiger partial charge in [-0.1, -0.05) is 0 Å². The highest BCUT2D eigenvalue weighted by molar-refractivity contribution is 7.86. The third-order valence-corrected chi connectivity index (χ3v) is 3.69. The van der Waals surface area contributed by atoms with Crippen molar-refractivity contribution in [3.05, 3.63) is 23.5 Å². The fourth-order valence-corrected chi connectivity index (χ4v) is 2.60. The lowest BCUT2D eigenvalue weighted by atomic mass is 10.1. The molecule has 0 unspecified atom stereocenters. The molecule has 0 saturated heterocycles. The van der Waals surface area contributed by atoms with Gasteiger partial charge in [-0.2, -0.15) is 8.42 Å². The zero-order chi connectivity index (χ0) is 15.1. The first-order valence-corrected chi connectivity index (χ1v) is 6.90. The van der Waals surface area contributed by atoms with Gasteiger partial charge in [-0.05, 0) is 13.0 Å². The molecule has 1 heterocycles. The van der Waals surface area contributed by atoms with Crippen molar-refractivity contribution in [1.82, 2.24) is 0 Å². The second kappa shape index (κ2) is 4.80. The van der Waals surface area contributed by atoms with E-state index >= 15 is 0 Å². The van der Waals surface area contributed by atoms with Gasteiger partial charge >= 0.3 is 5.97 Å². The molecular weight excluding hydrogens is 288 g/mol. The summed E-state index contributed by atoms with van der Waals surface area (Å²) in [5.74, 6) is -0.421. The third kappa shape index (κ3) is 2.23. The molecule has 0 aliphatic rings. The van der Waals surface area contributed by atoms with E-state index in [0.29, 0.717) is 5.39 Å². The number of esters is 1. The quantitative estimate of drug-likeness (QED) is 0.680. The van der Waals surface area contributed by atoms with E-state index < -0.39 is 21.0 Å². The fourth-order valence-electron chi connectivity index (χ4n) is 1.94. The molecule has 1 aromatic heterocycles. The molecule has 7 nitrogen and oxygen atoms in total. The summed E-state index contributed by atoms with van der Waals surface area (Å²) in [6.07, 6.45) is 0. The Labute approximate surface area is 114 Å². The van der Waals surface area contributed by atoms with Crippen molar-refractivity contribution < 1.29 is 31.7 Å². The molecule has 8 heteroatoms. The molecule has 0 fully saturated rings. The van der Waals surface area contributed by atoms with E-state index in [1.165, 1.54) is 20.3 Å². The Balaban J connectivity index is 2.85. The van der Waals surface area contributed by atoms with Crippen LogP contribution in [0.3, 0.4) is 0 Å². The zero-order valence-corrected chi connectivity index (χ0v) is 11.8. The molecule has 108 valence electrons. The van der Waals surface area contributed by atoms with E-state index in [2.05, 4.69) is 4.74 Å². The summed E-state index contributed by atoms with van der Waals surface area (Å²) in [4.78, 5) is 11.3. The lowest BCUT2D eigenvalue weighted by molar-refractivity contribution is 0.0600. The topological polar surface area (TPSA) is 103 Å². The molecule has 0 aliphatic carbocycles. The van der Waals surface area contributed by atoms with E-state index in [4.69, 9.17) is 13.7 Å². The minimum absolute atomic E-state index is 0.0917. The number of ether oxygens (including phenoxy) is 2. The van der Waals surface area contributed by atoms with Crippen molar-refractivity contribution in [3.63, 3.8) is 0 Å². The van der Waals surface area contributed by atoms with Gasteiger partial charge in [0.15, 0.2) is 0 Å². The number of methoxy groups -OCH3 is 2. The second-order valence-electron chi connectivity index (χ2n) is 4.00. The number of rotatable bonds is 3. The number of hydrogen-bond donors (Lipinski definition) is 1. The van der Waals surface area contributed by atoms with Crippen molar-refractivity contribution in [1.29, 1.82) is 0 Å². The summed E-state index contributed by atoms with van der Waals surface area (Å²) in [5.41, 5.74) is 0.319. The Morgan fingerprint density at radius 3 is 2.45 bits per heavy atom. The van der Waals surface area contributed by atoms with Crippen LogP contribution in [0, 0.1) is 6.92 Å². The standard InChI is InChI=1S/C12H12O7S/c1-6-11(12(13)18-3)7-4-9(17-2)10(20(14,15)16)5-8(7)19-6/h4-5H,1-3H3,(H,14,15,16). The highest BCUT2D eigenvalue weighted by Crippen LogP contribution is 2.34. The highest BCUT2D eigenvalue weighted by Gasteiger charge is 2.24. The van der Waals surface area contributed by atoms with E-state index in [9.17, 15) is 13.2 Å². The van der Waals surface area contributed by atoms with E-state index in [1.807, 2.05) is 0 Å². The predicted molar refractivity (Wildman–Crippen MR) is 68.7 cm³/mol. The molecule has 0 amide bonds. The Morgan fingerprint density at radius 1 is 1.30 bits per heavy atom. The summed E-state index contributed by atoms with van der Waals surface area (Å²) in [7, 11) is -1.99. The summed E-state index contributed by atoms with van der Waals surface area (Å²) in [6, 6.07) is 2.41. The molecule has 1 aromatic carbocycles. The smallest absolute Gasteiger partial charge is 0.342 e. The first-order valence-electron chi connectivity index (χ1n) is 5.46. The van der Waals surface area contributed by atoms with Gasteiger partial charge in [0.2, 0.25) is 0 Å². The number of furan rings is 1. The SMILES string of the molecule is COC(=O)c1c(C)oc2cc(S(=O)(=O)O)c(OC)cc12. The van der Waals surface area contributed by atoms with Gasteiger partial charge in [0.05, 0.1) is 14.2 Å². The lowest BCUT2D eigenvalue weighted by Gasteiger charge is -2.06. The molecule has 0 spiro atoms. The molecule has 0 atom stereocenters. The average Bonchev–Trinajstić information content (AvgIpc) is 2.70. The van der Waals surface area contributed by atoms with Crippen molar-refractivity contribution >= 4 is 27.1 Å². The van der Waals surface area contributed by atoms with Gasteiger partial charge in [0, 0.05) is 11.5 Å². The Kier molecular flexibility index (Phi) is 3.45. The van der Waals surface area contributed by atoms with Crippen LogP contribution in [0.15, 0.2) is 21.4 Å². The first kappa shape index (κ1) is 14.4. The van der Waals surface area contributed by atoms with Gasteiger partial charge in [0.25, 0.3) is 10.1 Å². The van der Waals surface area contributed by atoms with Crippen LogP contribution in [-0.2, 0) is 14.9 Å². The number of benzene rings is 1. The molecule has 20 heavy (non-hydrogen) atoms. The summed E-state index contributed by atoms with van der Waals surface area (Å²) in [6.45, 7) is 1.55. The molecular formula is C12H12O7S. The van der Waals surface area contributed by atoms with E-state index in [0.717, 1.165) is 6.07 Å². The van der Waals surface area contributed by atoms with Crippen LogP contribution in [0.4, 0.5) is 0 Å². The normalized spacial score (nSPS) is 11.6. The largest absolute Gasteiger partial charge is 0.495 e. The van der Waals surface area contributed by atoms with Gasteiger partial charge in [-0.3, -0.25) is 4.55 Å². The maximum atomic E-state index is 11.7. The van der Waals surface area contributed by atoms with Crippen LogP contribution in [0.1, 0.15) is 16.1 Å². The minimum Gasteiger partial charge on any atom is -0.495 e. The number of carbonyl (C=O) groups is 1. The van der Waals surface area contributed by atoms with Gasteiger partial charge in [0.1, 0.15) is 27.6 Å². The Bertz CT molecular complexity index is 786. The lowest BCUT2D eigenvalue weighted by Crippen LogP contribution is -2.03. The van der Waals surface area contributed by atoms with Crippen molar-refractivity contribution in [2.24, 2.45) is 0 Å². The van der Waals surface area contributed by atoms with Crippen LogP contribution in [0.25, 0.3) is 11.0 Å². The molecule has 2 aromatic rings. The Morgan fingerprint density at radius 2 is 1.95 bits per heavy atom. The van der Waals surface area contributed by atoms with Crippen LogP contribution in [0.2, 0.25) is 0 Å². The first-order chi connectivity index (χ1) is 9.29. The monoisotopic (exact) mass is 300 g/mol. The number of hydrogen-bond acceptors (Lipinski definition) is 6. The predicted octanol–water partition coefficient (Wildman–Crippen LogP) is 1.78. The molecule has 2 rings (SSSR count). The third-order valence-electron chi connectivity index (χ3n) is 2.82. The molecule has 0 radical (unpaired) electrons. The highest BCUT2D eigenvalue weighted by atomic mass is 32.2. The Hall–Kier alpha value is -2.06. The molecule has 0 saturated carbocycles. The van der Waals surface area contributed by atoms with E-state index in [-0.39, 0.29) is 22.7 Å². The van der Waals surface area contributed by atoms with Crippen LogP contribution >= 0.6 is 0 Å². The van der Waals surface area contributed by atoms with Crippen LogP contribution in [0.5, 0.6) is 5.75 Å². The van der Waals surface area contributed by atoms with Gasteiger partial charge < -0.3 is 13.9 Å². The molecule has 0 aliphatic heterocycles. The zero-order valence-electron chi connectivity index (χ0n) is 11.0. The molecule has 0 bridgehead atoms. The number of fused-ring (bicyclic) bond motifs is 1. The summed E-state index contributed by atoms with van der Waals surface area (Å²) in [5, 5.41) is 0.346. The average molecular weight is 300 g/mol. The van der Waals surface area contributed by atoms with Crippen LogP contribution < -0.4 is 4.74 Å². The fraction of sp³-hybridized carbons (Fsp3) is 0.250. The maximum Gasteiger partial charge on any atom is 0.342 e. The van der Waals surface area contributed by atoms with Gasteiger partial charge in [-0.25, -0.2) is 4.79 Å². The summed E-state index contributed by atoms with van der Waals surface area (Å²) >= 11 is 0. The van der Waals surface area contributed by atoms with Crippen molar-refractivity contribution in [2.75, 3.05) is 14.2 Å². The minimum atomic E-state index is -4.47.